The molecule has 0 aliphatic heterocycles. The van der Waals surface area contributed by atoms with Crippen molar-refractivity contribution in [1.82, 2.24) is 5.32 Å². The highest BCUT2D eigenvalue weighted by molar-refractivity contribution is 7.45. The van der Waals surface area contributed by atoms with Crippen molar-refractivity contribution < 1.29 is 32.9 Å². The van der Waals surface area contributed by atoms with E-state index in [9.17, 15) is 19.4 Å². The van der Waals surface area contributed by atoms with E-state index in [1.165, 1.54) is 180 Å². The molecule has 0 spiro atoms. The molecule has 8 nitrogen and oxygen atoms in total. The summed E-state index contributed by atoms with van der Waals surface area (Å²) in [6.07, 6.45) is 60.8. The summed E-state index contributed by atoms with van der Waals surface area (Å²) in [4.78, 5) is 25.3. The first-order valence-corrected chi connectivity index (χ1v) is 28.5. The molecule has 0 radical (unpaired) electrons. The monoisotopic (exact) mass is 921 g/mol. The molecule has 376 valence electrons. The summed E-state index contributed by atoms with van der Waals surface area (Å²) >= 11 is 0. The molecule has 0 rings (SSSR count). The Hall–Kier alpha value is -1.54. The Morgan fingerprint density at radius 1 is 0.547 bits per heavy atom. The SMILES string of the molecule is CCCCC/C=C/CC/C=C/C(O)C(COP(=O)([O-])OCC[N+](C)(C)C)NC(=O)CCCCCCCCCCCCCCCCCCC/C=C\C/C=C\CCCCCCCCCCC. The molecule has 0 heterocycles. The zero-order valence-electron chi connectivity index (χ0n) is 42.7. The van der Waals surface area contributed by atoms with Gasteiger partial charge in [-0.05, 0) is 64.2 Å². The van der Waals surface area contributed by atoms with Crippen LogP contribution in [-0.4, -0.2) is 68.5 Å². The number of phosphoric ester groups is 1. The van der Waals surface area contributed by atoms with Gasteiger partial charge in [-0.1, -0.05) is 223 Å². The van der Waals surface area contributed by atoms with E-state index in [0.29, 0.717) is 17.4 Å². The molecule has 0 bridgehead atoms. The first kappa shape index (κ1) is 62.5. The molecule has 0 aliphatic carbocycles. The average molecular weight is 921 g/mol. The number of rotatable bonds is 49. The van der Waals surface area contributed by atoms with Crippen molar-refractivity contribution in [2.45, 2.75) is 257 Å². The summed E-state index contributed by atoms with van der Waals surface area (Å²) in [6.45, 7) is 4.58. The third-order valence-corrected chi connectivity index (χ3v) is 13.0. The van der Waals surface area contributed by atoms with Crippen molar-refractivity contribution in [2.24, 2.45) is 0 Å². The van der Waals surface area contributed by atoms with Gasteiger partial charge in [-0.25, -0.2) is 0 Å². The molecule has 64 heavy (non-hydrogen) atoms. The predicted molar refractivity (Wildman–Crippen MR) is 274 cm³/mol. The highest BCUT2D eigenvalue weighted by Gasteiger charge is 2.23. The van der Waals surface area contributed by atoms with Gasteiger partial charge >= 0.3 is 0 Å². The topological polar surface area (TPSA) is 108 Å². The maximum atomic E-state index is 12.9. The second-order valence-corrected chi connectivity index (χ2v) is 21.0. The van der Waals surface area contributed by atoms with Gasteiger partial charge in [-0.3, -0.25) is 9.36 Å². The fraction of sp³-hybridized carbons (Fsp3) is 0.836. The second-order valence-electron chi connectivity index (χ2n) is 19.6. The van der Waals surface area contributed by atoms with Crippen LogP contribution in [0, 0.1) is 0 Å². The Morgan fingerprint density at radius 3 is 1.39 bits per heavy atom. The first-order chi connectivity index (χ1) is 31.0. The number of hydrogen-bond donors (Lipinski definition) is 2. The number of carbonyl (C=O) groups is 1. The van der Waals surface area contributed by atoms with Crippen molar-refractivity contribution in [1.29, 1.82) is 0 Å². The van der Waals surface area contributed by atoms with Gasteiger partial charge in [0.15, 0.2) is 0 Å². The maximum Gasteiger partial charge on any atom is 0.268 e. The van der Waals surface area contributed by atoms with Gasteiger partial charge in [-0.2, -0.15) is 0 Å². The van der Waals surface area contributed by atoms with E-state index in [-0.39, 0.29) is 12.5 Å². The van der Waals surface area contributed by atoms with Crippen molar-refractivity contribution in [3.8, 4) is 0 Å². The van der Waals surface area contributed by atoms with Gasteiger partial charge in [0, 0.05) is 6.42 Å². The fourth-order valence-corrected chi connectivity index (χ4v) is 8.45. The Bertz CT molecular complexity index is 1180. The van der Waals surface area contributed by atoms with E-state index in [0.717, 1.165) is 44.9 Å². The number of likely N-dealkylation sites (N-methyl/N-ethyl adjacent to an activating group) is 1. The van der Waals surface area contributed by atoms with Crippen LogP contribution in [0.2, 0.25) is 0 Å². The Morgan fingerprint density at radius 2 is 0.922 bits per heavy atom. The molecule has 0 saturated heterocycles. The standard InChI is InChI=1S/C55H105N2O6P/c1-6-8-10-12-14-16-17-18-19-20-21-22-23-24-25-26-27-28-29-30-31-32-33-34-35-36-37-38-39-41-43-45-47-49-55(59)56-53(52-63-64(60,61)62-51-50-57(3,4)5)54(58)48-46-44-42-40-15-13-11-9-7-2/h15,21-22,24-25,40,46,48,53-54,58H,6-14,16-20,23,26-39,41-45,47,49-52H2,1-5H3,(H-,56,59,60,61)/b22-21-,25-24-,40-15+,48-46+. The van der Waals surface area contributed by atoms with Gasteiger partial charge in [0.25, 0.3) is 7.82 Å². The molecule has 0 aromatic heterocycles. The van der Waals surface area contributed by atoms with Gasteiger partial charge in [0.2, 0.25) is 5.91 Å². The summed E-state index contributed by atoms with van der Waals surface area (Å²) in [6, 6.07) is -0.901. The van der Waals surface area contributed by atoms with Crippen molar-refractivity contribution in [2.75, 3.05) is 40.9 Å². The fourth-order valence-electron chi connectivity index (χ4n) is 7.73. The number of phosphoric acid groups is 1. The van der Waals surface area contributed by atoms with Crippen LogP contribution in [0.25, 0.3) is 0 Å². The Labute approximate surface area is 397 Å². The number of hydrogen-bond acceptors (Lipinski definition) is 6. The lowest BCUT2D eigenvalue weighted by molar-refractivity contribution is -0.870. The molecule has 0 saturated carbocycles. The number of aliphatic hydroxyl groups is 1. The predicted octanol–water partition coefficient (Wildman–Crippen LogP) is 15.3. The smallest absolute Gasteiger partial charge is 0.268 e. The van der Waals surface area contributed by atoms with E-state index in [1.54, 1.807) is 6.08 Å². The molecular weight excluding hydrogens is 816 g/mol. The lowest BCUT2D eigenvalue weighted by atomic mass is 10.0. The average Bonchev–Trinajstić information content (AvgIpc) is 3.25. The summed E-state index contributed by atoms with van der Waals surface area (Å²) in [5, 5.41) is 13.7. The molecule has 3 atom stereocenters. The highest BCUT2D eigenvalue weighted by atomic mass is 31.2. The molecule has 1 amide bonds. The highest BCUT2D eigenvalue weighted by Crippen LogP contribution is 2.38. The number of quaternary nitrogens is 1. The van der Waals surface area contributed by atoms with Crippen LogP contribution in [0.1, 0.15) is 245 Å². The molecule has 0 aromatic rings. The van der Waals surface area contributed by atoms with Gasteiger partial charge in [0.05, 0.1) is 39.9 Å². The van der Waals surface area contributed by atoms with Crippen LogP contribution < -0.4 is 10.2 Å². The van der Waals surface area contributed by atoms with E-state index < -0.39 is 26.6 Å². The Kier molecular flexibility index (Phi) is 45.4. The quantitative estimate of drug-likeness (QED) is 0.0272. The number of amides is 1. The summed E-state index contributed by atoms with van der Waals surface area (Å²) in [7, 11) is 1.24. The number of nitrogens with zero attached hydrogens (tertiary/aromatic N) is 1. The van der Waals surface area contributed by atoms with E-state index >= 15 is 0 Å². The molecule has 9 heteroatoms. The van der Waals surface area contributed by atoms with Gasteiger partial charge in [0.1, 0.15) is 13.2 Å². The van der Waals surface area contributed by atoms with Gasteiger partial charge < -0.3 is 28.8 Å². The van der Waals surface area contributed by atoms with Crippen LogP contribution in [0.5, 0.6) is 0 Å². The minimum absolute atomic E-state index is 0.00676. The summed E-state index contributed by atoms with van der Waals surface area (Å²) < 4.78 is 23.2. The number of unbranched alkanes of at least 4 members (excludes halogenated alkanes) is 30. The zero-order chi connectivity index (χ0) is 47.1. The van der Waals surface area contributed by atoms with E-state index in [2.05, 4.69) is 55.6 Å². The van der Waals surface area contributed by atoms with Crippen LogP contribution in [0.3, 0.4) is 0 Å². The minimum atomic E-state index is -4.59. The Balaban J connectivity index is 3.95. The third-order valence-electron chi connectivity index (χ3n) is 12.0. The molecule has 0 fully saturated rings. The number of allylic oxidation sites excluding steroid dienone is 7. The summed E-state index contributed by atoms with van der Waals surface area (Å²) in [5.41, 5.74) is 0. The van der Waals surface area contributed by atoms with Crippen molar-refractivity contribution >= 4 is 13.7 Å². The molecule has 2 N–H and O–H groups in total. The molecular formula is C55H105N2O6P. The molecule has 3 unspecified atom stereocenters. The number of carbonyl (C=O) groups excluding carboxylic acids is 1. The second kappa shape index (κ2) is 46.6. The van der Waals surface area contributed by atoms with Crippen LogP contribution in [0.4, 0.5) is 0 Å². The van der Waals surface area contributed by atoms with Crippen LogP contribution in [-0.2, 0) is 18.4 Å². The minimum Gasteiger partial charge on any atom is -0.756 e. The normalized spacial score (nSPS) is 14.4. The zero-order valence-corrected chi connectivity index (χ0v) is 43.6. The summed E-state index contributed by atoms with van der Waals surface area (Å²) in [5.74, 6) is -0.209. The van der Waals surface area contributed by atoms with Crippen LogP contribution >= 0.6 is 7.82 Å². The maximum absolute atomic E-state index is 12.9. The first-order valence-electron chi connectivity index (χ1n) is 27.0. The van der Waals surface area contributed by atoms with E-state index in [4.69, 9.17) is 9.05 Å². The molecule has 0 aliphatic rings. The molecule has 0 aromatic carbocycles. The largest absolute Gasteiger partial charge is 0.756 e. The lowest BCUT2D eigenvalue weighted by Gasteiger charge is -2.29. The van der Waals surface area contributed by atoms with Crippen LogP contribution in [0.15, 0.2) is 48.6 Å². The number of aliphatic hydroxyl groups excluding tert-OH is 1. The van der Waals surface area contributed by atoms with Gasteiger partial charge in [-0.15, -0.1) is 0 Å². The lowest BCUT2D eigenvalue weighted by Crippen LogP contribution is -2.45. The van der Waals surface area contributed by atoms with Crippen molar-refractivity contribution in [3.63, 3.8) is 0 Å². The van der Waals surface area contributed by atoms with E-state index in [1.807, 2.05) is 27.2 Å². The number of nitrogens with one attached hydrogen (secondary N) is 1. The van der Waals surface area contributed by atoms with Crippen molar-refractivity contribution in [3.05, 3.63) is 48.6 Å². The third kappa shape index (κ3) is 48.4.